The Morgan fingerprint density at radius 1 is 0.571 bits per heavy atom. The van der Waals surface area contributed by atoms with Gasteiger partial charge in [-0.1, -0.05) is 50.2 Å². The van der Waals surface area contributed by atoms with Crippen molar-refractivity contribution in [2.24, 2.45) is 17.8 Å². The van der Waals surface area contributed by atoms with Gasteiger partial charge in [-0.25, -0.2) is 24.3 Å². The zero-order chi connectivity index (χ0) is 71.6. The molecule has 105 heavy (non-hydrogen) atoms. The van der Waals surface area contributed by atoms with Crippen LogP contribution < -0.4 is 20.0 Å². The highest BCUT2D eigenvalue weighted by molar-refractivity contribution is 5.76. The van der Waals surface area contributed by atoms with Crippen molar-refractivity contribution in [1.29, 1.82) is 10.5 Å². The van der Waals surface area contributed by atoms with Crippen LogP contribution in [0.3, 0.4) is 0 Å². The molecule has 530 valence electrons. The molecule has 12 aromatic rings. The van der Waals surface area contributed by atoms with E-state index in [9.17, 15) is 9.50 Å². The lowest BCUT2D eigenvalue weighted by Gasteiger charge is -2.33. The fourth-order valence-corrected chi connectivity index (χ4v) is 16.6. The smallest absolute Gasteiger partial charge is 0.161 e. The summed E-state index contributed by atoms with van der Waals surface area (Å²) in [6.07, 6.45) is 21.5. The lowest BCUT2D eigenvalue weighted by Crippen LogP contribution is -2.43. The number of nitrogens with one attached hydrogen (secondary N) is 1. The quantitative estimate of drug-likeness (QED) is 0.112. The summed E-state index contributed by atoms with van der Waals surface area (Å²) in [4.78, 5) is 31.3. The van der Waals surface area contributed by atoms with E-state index in [1.165, 1.54) is 47.5 Å². The molecule has 19 nitrogen and oxygen atoms in total. The minimum atomic E-state index is -0.288. The van der Waals surface area contributed by atoms with Gasteiger partial charge < -0.3 is 48.6 Å². The number of likely N-dealkylation sites (tertiary alicyclic amines) is 1. The van der Waals surface area contributed by atoms with Crippen LogP contribution >= 0.6 is 0 Å². The number of likely N-dealkylation sites (N-methyl/N-ethyl adjacent to an activating group) is 1. The zero-order valence-corrected chi connectivity index (χ0v) is 60.2. The van der Waals surface area contributed by atoms with E-state index in [2.05, 4.69) is 201 Å². The fraction of sp³-hybridized carbons (Fsp3) is 0.318. The third-order valence-corrected chi connectivity index (χ3v) is 22.8. The summed E-state index contributed by atoms with van der Waals surface area (Å²) in [5.74, 6) is 5.19. The molecule has 4 fully saturated rings. The Morgan fingerprint density at radius 2 is 1.08 bits per heavy atom. The molecule has 7 aliphatic rings. The average molecular weight is 1400 g/mol. The van der Waals surface area contributed by atoms with Crippen LogP contribution in [-0.4, -0.2) is 160 Å². The third kappa shape index (κ3) is 13.1. The van der Waals surface area contributed by atoms with Crippen molar-refractivity contribution in [3.63, 3.8) is 0 Å². The number of aliphatic hydroxyl groups is 1. The van der Waals surface area contributed by atoms with Gasteiger partial charge in [-0.3, -0.25) is 13.7 Å². The van der Waals surface area contributed by atoms with Gasteiger partial charge in [-0.05, 0) is 203 Å². The Morgan fingerprint density at radius 3 is 1.57 bits per heavy atom. The predicted octanol–water partition coefficient (Wildman–Crippen LogP) is 13.5. The molecule has 6 atom stereocenters. The maximum atomic E-state index is 13.5. The summed E-state index contributed by atoms with van der Waals surface area (Å²) in [6, 6.07) is 52.1. The van der Waals surface area contributed by atoms with Crippen LogP contribution in [0.15, 0.2) is 195 Å². The Labute approximate surface area is 612 Å². The highest BCUT2D eigenvalue weighted by Crippen LogP contribution is 2.41. The van der Waals surface area contributed by atoms with Crippen molar-refractivity contribution in [3.8, 4) is 97.1 Å². The highest BCUT2D eigenvalue weighted by atomic mass is 19.1. The Bertz CT molecular complexity index is 5250. The van der Waals surface area contributed by atoms with E-state index in [1.54, 1.807) is 0 Å². The lowest BCUT2D eigenvalue weighted by molar-refractivity contribution is 0.0893. The summed E-state index contributed by atoms with van der Waals surface area (Å²) >= 11 is 0. The van der Waals surface area contributed by atoms with E-state index in [0.717, 1.165) is 175 Å². The number of aliphatic hydroxyl groups excluding tert-OH is 1. The van der Waals surface area contributed by atoms with Gasteiger partial charge in [0.05, 0.1) is 75.8 Å². The molecular formula is C85H87FN18O. The molecule has 2 N–H and O–H groups in total. The second kappa shape index (κ2) is 28.1. The second-order valence-corrected chi connectivity index (χ2v) is 29.9. The molecular weight excluding hydrogens is 1310 g/mol. The normalized spacial score (nSPS) is 19.1. The van der Waals surface area contributed by atoms with Crippen LogP contribution in [0, 0.1) is 46.2 Å². The van der Waals surface area contributed by atoms with Crippen LogP contribution in [0.1, 0.15) is 68.0 Å². The molecule has 14 heterocycles. The number of aromatic nitrogens is 10. The van der Waals surface area contributed by atoms with Gasteiger partial charge in [0, 0.05) is 161 Å². The first-order valence-corrected chi connectivity index (χ1v) is 37.1. The number of benzene rings is 5. The van der Waals surface area contributed by atoms with Gasteiger partial charge in [-0.15, -0.1) is 0 Å². The van der Waals surface area contributed by atoms with Crippen LogP contribution in [0.5, 0.6) is 0 Å². The molecule has 0 amide bonds. The van der Waals surface area contributed by atoms with Crippen molar-refractivity contribution in [1.82, 2.24) is 62.5 Å². The standard InChI is InChI=1S/C29H31N7.C28H28FN5O.C28H28N6/c1-3-20(2)32-16-22-10-12-34(17-22)28-9-8-26-25(33-28)19-35-18-24(23-6-4-21(15-30)5-7-23)14-27(35)29-31-11-13-36(26)29;29-23-4-2-19(3-5-23)20-13-26-28-30-8-11-34(28)25-7-6-24(12-21(25)16-33(26)15-20)32-17-22(27(35)18-32)14-31-9-1-10-31;1-19-15-32(18-27(19)31(2)3)24-8-9-25-23(12-24)17-33-16-22(21-6-4-20(14-29)5-7-21)13-26(33)28-30-10-11-34(25)28/h4-9,11,13-14,18,20,22,32H,3,10,12,16-17,19H2,1-2H3;2-8,11-13,15,22,27,35H,1,9-10,14,16-18H2;4-13,16,19,27H,15,17-18H2,1-3H3/t20-,22-;22-,27-;19-,27-/m111/s1. The summed E-state index contributed by atoms with van der Waals surface area (Å²) < 4.78 is 26.8. The zero-order valence-electron chi connectivity index (χ0n) is 60.2. The van der Waals surface area contributed by atoms with Crippen molar-refractivity contribution >= 4 is 17.2 Å². The molecule has 5 aromatic carbocycles. The monoisotopic (exact) mass is 1390 g/mol. The molecule has 0 unspecified atom stereocenters. The maximum absolute atomic E-state index is 13.5. The molecule has 0 aliphatic carbocycles. The number of halogens is 1. The van der Waals surface area contributed by atoms with E-state index in [4.69, 9.17) is 25.5 Å². The summed E-state index contributed by atoms with van der Waals surface area (Å²) in [6.45, 7) is 19.2. The van der Waals surface area contributed by atoms with E-state index in [1.807, 2.05) is 91.6 Å². The molecule has 7 aliphatic heterocycles. The van der Waals surface area contributed by atoms with E-state index < -0.39 is 0 Å². The fourth-order valence-electron chi connectivity index (χ4n) is 16.6. The molecule has 0 bridgehead atoms. The first-order valence-electron chi connectivity index (χ1n) is 37.1. The summed E-state index contributed by atoms with van der Waals surface area (Å²) in [5, 5.41) is 32.7. The first kappa shape index (κ1) is 67.1. The molecule has 20 heteroatoms. The summed E-state index contributed by atoms with van der Waals surface area (Å²) in [5.41, 5.74) is 20.4. The number of β-amino-alcohol motifs (C(OH)–C–C–N with tert-alkyl or cyclic N) is 1. The van der Waals surface area contributed by atoms with Crippen LogP contribution in [0.4, 0.5) is 21.6 Å². The van der Waals surface area contributed by atoms with E-state index >= 15 is 0 Å². The van der Waals surface area contributed by atoms with Crippen LogP contribution in [0.25, 0.3) is 85.0 Å². The number of nitrogens with zero attached hydrogens (tertiary/aromatic N) is 17. The number of hydrogen-bond acceptors (Lipinski definition) is 13. The molecule has 0 saturated carbocycles. The number of nitriles is 2. The van der Waals surface area contributed by atoms with Crippen molar-refractivity contribution in [2.45, 2.75) is 77.9 Å². The third-order valence-electron chi connectivity index (χ3n) is 22.8. The van der Waals surface area contributed by atoms with Crippen LogP contribution in [-0.2, 0) is 19.6 Å². The highest BCUT2D eigenvalue weighted by Gasteiger charge is 2.36. The largest absolute Gasteiger partial charge is 0.391 e. The Kier molecular flexibility index (Phi) is 18.0. The predicted molar refractivity (Wildman–Crippen MR) is 411 cm³/mol. The number of imidazole rings is 3. The number of fused-ring (bicyclic) bond motifs is 15. The minimum Gasteiger partial charge on any atom is -0.391 e. The molecule has 0 radical (unpaired) electrons. The van der Waals surface area contributed by atoms with Crippen molar-refractivity contribution < 1.29 is 9.50 Å². The topological polar surface area (TPSA) is 177 Å². The van der Waals surface area contributed by atoms with E-state index in [0.29, 0.717) is 54.1 Å². The lowest BCUT2D eigenvalue weighted by atomic mass is 10.0. The van der Waals surface area contributed by atoms with Gasteiger partial charge >= 0.3 is 0 Å². The SMILES string of the molecule is CC[C@@H](C)NC[C@H]1CCN(c2ccc3c(n2)Cn2cc(-c4ccc(C#N)cc4)cc2-c2nccn2-3)C1.C[C@@H]1CN(c2ccc3c(c2)Cn2cc(-c4ccc(C#N)cc4)cc2-c2nccn2-3)C[C@H]1N(C)C.O[C@@H]1CN(c2ccc3c(c2)Cn2cc(-c4ccc(F)cc4)cc2-c2nccn2-3)C[C@H]1CN1CCC1. The number of pyridine rings is 1. The van der Waals surface area contributed by atoms with Gasteiger partial charge in [0.25, 0.3) is 0 Å². The van der Waals surface area contributed by atoms with E-state index in [-0.39, 0.29) is 11.9 Å². The molecule has 4 saturated heterocycles. The summed E-state index contributed by atoms with van der Waals surface area (Å²) in [7, 11) is 4.36. The van der Waals surface area contributed by atoms with Gasteiger partial charge in [0.1, 0.15) is 11.6 Å². The van der Waals surface area contributed by atoms with Crippen molar-refractivity contribution in [3.05, 3.63) is 229 Å². The minimum absolute atomic E-state index is 0.231. The molecule has 7 aromatic heterocycles. The van der Waals surface area contributed by atoms with Crippen LogP contribution in [0.2, 0.25) is 0 Å². The number of rotatable bonds is 13. The maximum Gasteiger partial charge on any atom is 0.161 e. The first-order chi connectivity index (χ1) is 51.3. The average Bonchev–Trinajstić information content (AvgIpc) is 1.62. The molecule has 0 spiro atoms. The Hall–Kier alpha value is -11.1. The number of anilines is 3. The van der Waals surface area contributed by atoms with Gasteiger partial charge in [0.15, 0.2) is 17.5 Å². The van der Waals surface area contributed by atoms with Gasteiger partial charge in [0.2, 0.25) is 0 Å². The van der Waals surface area contributed by atoms with Gasteiger partial charge in [-0.2, -0.15) is 10.5 Å². The second-order valence-electron chi connectivity index (χ2n) is 29.9. The number of hydrogen-bond donors (Lipinski definition) is 2. The molecule has 19 rings (SSSR count). The Balaban J connectivity index is 0.000000116. The van der Waals surface area contributed by atoms with Crippen molar-refractivity contribution in [2.75, 3.05) is 94.2 Å².